The summed E-state index contributed by atoms with van der Waals surface area (Å²) < 4.78 is 10.5. The van der Waals surface area contributed by atoms with Gasteiger partial charge in [0.05, 0.1) is 19.9 Å². The Morgan fingerprint density at radius 1 is 1.00 bits per heavy atom. The van der Waals surface area contributed by atoms with Crippen molar-refractivity contribution in [1.29, 1.82) is 0 Å². The van der Waals surface area contributed by atoms with E-state index in [-0.39, 0.29) is 11.2 Å². The van der Waals surface area contributed by atoms with Crippen molar-refractivity contribution >= 4 is 11.9 Å². The zero-order valence-corrected chi connectivity index (χ0v) is 14.3. The first-order chi connectivity index (χ1) is 10.8. The molecule has 4 heteroatoms. The zero-order valence-electron chi connectivity index (χ0n) is 14.3. The minimum atomic E-state index is -0.132. The third-order valence-corrected chi connectivity index (χ3v) is 3.56. The smallest absolute Gasteiger partial charge is 0.128 e. The molecule has 0 spiro atoms. The number of hydrogen-bond acceptors (Lipinski definition) is 4. The SMILES string of the molecule is COc1cc(N=Cc2cccc(C(C)(C)C)c2O)cc(OC)c1. The van der Waals surface area contributed by atoms with E-state index in [1.165, 1.54) is 0 Å². The van der Waals surface area contributed by atoms with Crippen molar-refractivity contribution in [1.82, 2.24) is 0 Å². The molecule has 2 rings (SSSR count). The van der Waals surface area contributed by atoms with Gasteiger partial charge in [0, 0.05) is 30.0 Å². The molecule has 0 aromatic heterocycles. The molecule has 2 aromatic carbocycles. The zero-order chi connectivity index (χ0) is 17.0. The number of ether oxygens (including phenoxy) is 2. The molecule has 0 aliphatic rings. The topological polar surface area (TPSA) is 51.0 Å². The van der Waals surface area contributed by atoms with E-state index < -0.39 is 0 Å². The second kappa shape index (κ2) is 6.73. The predicted octanol–water partition coefficient (Wildman–Crippen LogP) is 4.46. The van der Waals surface area contributed by atoms with Crippen LogP contribution >= 0.6 is 0 Å². The van der Waals surface area contributed by atoms with Gasteiger partial charge in [0.25, 0.3) is 0 Å². The van der Waals surface area contributed by atoms with E-state index in [1.54, 1.807) is 26.5 Å². The maximum absolute atomic E-state index is 10.5. The van der Waals surface area contributed by atoms with Gasteiger partial charge in [-0.25, -0.2) is 0 Å². The molecule has 0 atom stereocenters. The van der Waals surface area contributed by atoms with Gasteiger partial charge in [-0.05, 0) is 17.0 Å². The molecule has 0 unspecified atom stereocenters. The van der Waals surface area contributed by atoms with Crippen LogP contribution in [0, 0.1) is 0 Å². The van der Waals surface area contributed by atoms with Crippen LogP contribution in [0.1, 0.15) is 31.9 Å². The largest absolute Gasteiger partial charge is 0.507 e. The molecule has 23 heavy (non-hydrogen) atoms. The summed E-state index contributed by atoms with van der Waals surface area (Å²) in [6, 6.07) is 11.1. The Hall–Kier alpha value is -2.49. The van der Waals surface area contributed by atoms with E-state index in [0.717, 1.165) is 5.56 Å². The lowest BCUT2D eigenvalue weighted by molar-refractivity contribution is 0.394. The number of methoxy groups -OCH3 is 2. The molecule has 0 aliphatic heterocycles. The molecule has 0 radical (unpaired) electrons. The van der Waals surface area contributed by atoms with E-state index >= 15 is 0 Å². The van der Waals surface area contributed by atoms with E-state index in [2.05, 4.69) is 25.8 Å². The summed E-state index contributed by atoms with van der Waals surface area (Å²) in [5.74, 6) is 1.60. The van der Waals surface area contributed by atoms with Crippen LogP contribution in [0.4, 0.5) is 5.69 Å². The predicted molar refractivity (Wildman–Crippen MR) is 93.6 cm³/mol. The number of phenols is 1. The first-order valence-corrected chi connectivity index (χ1v) is 7.44. The summed E-state index contributed by atoms with van der Waals surface area (Å²) in [6.45, 7) is 6.20. The first kappa shape index (κ1) is 16.9. The van der Waals surface area contributed by atoms with E-state index in [9.17, 15) is 5.11 Å². The Balaban J connectivity index is 2.38. The highest BCUT2D eigenvalue weighted by molar-refractivity contribution is 5.86. The number of aliphatic imine (C=N–C) groups is 1. The van der Waals surface area contributed by atoms with E-state index in [1.807, 2.05) is 30.3 Å². The quantitative estimate of drug-likeness (QED) is 0.848. The number of hydrogen-bond donors (Lipinski definition) is 1. The van der Waals surface area contributed by atoms with Crippen LogP contribution in [0.2, 0.25) is 0 Å². The Kier molecular flexibility index (Phi) is 4.94. The van der Waals surface area contributed by atoms with Gasteiger partial charge in [-0.3, -0.25) is 4.99 Å². The van der Waals surface area contributed by atoms with Crippen molar-refractivity contribution in [2.24, 2.45) is 4.99 Å². The molecule has 0 fully saturated rings. The number of nitrogens with zero attached hydrogens (tertiary/aromatic N) is 1. The highest BCUT2D eigenvalue weighted by atomic mass is 16.5. The third kappa shape index (κ3) is 4.03. The van der Waals surface area contributed by atoms with Crippen molar-refractivity contribution < 1.29 is 14.6 Å². The molecule has 1 N–H and O–H groups in total. The van der Waals surface area contributed by atoms with Crippen molar-refractivity contribution in [3.8, 4) is 17.2 Å². The molecule has 122 valence electrons. The van der Waals surface area contributed by atoms with Crippen LogP contribution in [0.25, 0.3) is 0 Å². The van der Waals surface area contributed by atoms with Gasteiger partial charge in [0.2, 0.25) is 0 Å². The number of benzene rings is 2. The van der Waals surface area contributed by atoms with Crippen molar-refractivity contribution in [3.05, 3.63) is 47.5 Å². The Labute approximate surface area is 137 Å². The lowest BCUT2D eigenvalue weighted by Crippen LogP contribution is -2.11. The van der Waals surface area contributed by atoms with Crippen LogP contribution in [0.15, 0.2) is 41.4 Å². The molecule has 2 aromatic rings. The molecule has 4 nitrogen and oxygen atoms in total. The molecule has 0 saturated heterocycles. The lowest BCUT2D eigenvalue weighted by atomic mass is 9.85. The number of phenolic OH excluding ortho intramolecular Hbond substituents is 1. The van der Waals surface area contributed by atoms with Gasteiger partial charge >= 0.3 is 0 Å². The van der Waals surface area contributed by atoms with E-state index in [0.29, 0.717) is 22.7 Å². The van der Waals surface area contributed by atoms with Crippen LogP contribution in [-0.2, 0) is 5.41 Å². The summed E-state index contributed by atoms with van der Waals surface area (Å²) >= 11 is 0. The highest BCUT2D eigenvalue weighted by Crippen LogP contribution is 2.33. The van der Waals surface area contributed by atoms with Gasteiger partial charge < -0.3 is 14.6 Å². The van der Waals surface area contributed by atoms with Gasteiger partial charge in [-0.1, -0.05) is 32.9 Å². The van der Waals surface area contributed by atoms with Crippen LogP contribution in [0.3, 0.4) is 0 Å². The summed E-state index contributed by atoms with van der Waals surface area (Å²) in [7, 11) is 3.20. The van der Waals surface area contributed by atoms with Crippen molar-refractivity contribution in [2.45, 2.75) is 26.2 Å². The van der Waals surface area contributed by atoms with Crippen LogP contribution < -0.4 is 9.47 Å². The third-order valence-electron chi connectivity index (χ3n) is 3.56. The minimum absolute atomic E-state index is 0.132. The molecule has 0 saturated carbocycles. The minimum Gasteiger partial charge on any atom is -0.507 e. The Morgan fingerprint density at radius 2 is 1.61 bits per heavy atom. The summed E-state index contributed by atoms with van der Waals surface area (Å²) in [6.07, 6.45) is 1.65. The van der Waals surface area contributed by atoms with Crippen molar-refractivity contribution in [2.75, 3.05) is 14.2 Å². The Morgan fingerprint density at radius 3 is 2.13 bits per heavy atom. The number of aromatic hydroxyl groups is 1. The van der Waals surface area contributed by atoms with Gasteiger partial charge in [0.15, 0.2) is 0 Å². The standard InChI is InChI=1S/C19H23NO3/c1-19(2,3)17-8-6-7-13(18(17)21)12-20-14-9-15(22-4)11-16(10-14)23-5/h6-12,21H,1-5H3. The first-order valence-electron chi connectivity index (χ1n) is 7.44. The van der Waals surface area contributed by atoms with E-state index in [4.69, 9.17) is 9.47 Å². The molecule has 0 amide bonds. The van der Waals surface area contributed by atoms with Gasteiger partial charge in [-0.15, -0.1) is 0 Å². The molecule has 0 heterocycles. The fourth-order valence-electron chi connectivity index (χ4n) is 2.28. The summed E-state index contributed by atoms with van der Waals surface area (Å²) in [4.78, 5) is 4.43. The number of para-hydroxylation sites is 1. The lowest BCUT2D eigenvalue weighted by Gasteiger charge is -2.21. The van der Waals surface area contributed by atoms with Crippen LogP contribution in [-0.4, -0.2) is 25.5 Å². The average Bonchev–Trinajstić information content (AvgIpc) is 2.52. The fraction of sp³-hybridized carbons (Fsp3) is 0.316. The molecule has 0 bridgehead atoms. The normalized spacial score (nSPS) is 11.7. The van der Waals surface area contributed by atoms with Crippen LogP contribution in [0.5, 0.6) is 17.2 Å². The van der Waals surface area contributed by atoms with Gasteiger partial charge in [-0.2, -0.15) is 0 Å². The summed E-state index contributed by atoms with van der Waals surface area (Å²) in [5.41, 5.74) is 2.14. The summed E-state index contributed by atoms with van der Waals surface area (Å²) in [5, 5.41) is 10.5. The second-order valence-corrected chi connectivity index (χ2v) is 6.32. The van der Waals surface area contributed by atoms with Gasteiger partial charge in [0.1, 0.15) is 17.2 Å². The average molecular weight is 313 g/mol. The Bertz CT molecular complexity index is 693. The maximum atomic E-state index is 10.5. The monoisotopic (exact) mass is 313 g/mol. The number of rotatable bonds is 4. The molecule has 0 aliphatic carbocycles. The molecular weight excluding hydrogens is 290 g/mol. The second-order valence-electron chi connectivity index (χ2n) is 6.32. The fourth-order valence-corrected chi connectivity index (χ4v) is 2.28. The highest BCUT2D eigenvalue weighted by Gasteiger charge is 2.19. The van der Waals surface area contributed by atoms with Crippen molar-refractivity contribution in [3.63, 3.8) is 0 Å². The maximum Gasteiger partial charge on any atom is 0.128 e. The molecular formula is C19H23NO3.